The smallest absolute Gasteiger partial charge is 0.236 e. The second kappa shape index (κ2) is 6.34. The summed E-state index contributed by atoms with van der Waals surface area (Å²) in [6.07, 6.45) is 5.52. The van der Waals surface area contributed by atoms with Crippen molar-refractivity contribution >= 4 is 11.3 Å². The summed E-state index contributed by atoms with van der Waals surface area (Å²) in [4.78, 5) is 15.0. The van der Waals surface area contributed by atoms with Crippen LogP contribution in [0, 0.1) is 0 Å². The molecule has 0 atom stereocenters. The third kappa shape index (κ3) is 3.56. The van der Waals surface area contributed by atoms with Crippen molar-refractivity contribution in [2.45, 2.75) is 32.1 Å². The van der Waals surface area contributed by atoms with Gasteiger partial charge in [0.15, 0.2) is 0 Å². The molecule has 0 aliphatic heterocycles. The molecule has 0 amide bonds. The van der Waals surface area contributed by atoms with Crippen molar-refractivity contribution in [2.75, 3.05) is 27.2 Å². The topological polar surface area (TPSA) is 29.5 Å². The summed E-state index contributed by atoms with van der Waals surface area (Å²) in [5, 5.41) is 0. The van der Waals surface area contributed by atoms with Crippen molar-refractivity contribution in [3.63, 3.8) is 0 Å². The van der Waals surface area contributed by atoms with Gasteiger partial charge in [0.05, 0.1) is 6.61 Å². The molecule has 1 aromatic rings. The molecule has 100 valence electrons. The molecule has 0 bridgehead atoms. The molecule has 1 aliphatic carbocycles. The minimum Gasteiger partial charge on any atom is -0.493 e. The zero-order chi connectivity index (χ0) is 13.0. The number of hydrogen-bond donors (Lipinski definition) is 0. The van der Waals surface area contributed by atoms with E-state index in [9.17, 15) is 4.79 Å². The summed E-state index contributed by atoms with van der Waals surface area (Å²) in [5.74, 6) is 0.840. The second-order valence-corrected chi connectivity index (χ2v) is 6.14. The Morgan fingerprint density at radius 1 is 1.33 bits per heavy atom. The predicted molar refractivity (Wildman–Crippen MR) is 75.9 cm³/mol. The predicted octanol–water partition coefficient (Wildman–Crippen LogP) is 2.32. The van der Waals surface area contributed by atoms with Crippen LogP contribution in [0.5, 0.6) is 5.75 Å². The Labute approximate surface area is 112 Å². The van der Waals surface area contributed by atoms with Gasteiger partial charge in [-0.15, -0.1) is 0 Å². The van der Waals surface area contributed by atoms with Crippen molar-refractivity contribution in [1.29, 1.82) is 0 Å². The van der Waals surface area contributed by atoms with E-state index in [1.807, 2.05) is 0 Å². The van der Waals surface area contributed by atoms with E-state index in [1.165, 1.54) is 34.6 Å². The molecule has 0 aromatic carbocycles. The highest BCUT2D eigenvalue weighted by atomic mass is 32.1. The molecule has 1 heterocycles. The summed E-state index contributed by atoms with van der Waals surface area (Å²) in [7, 11) is 4.11. The Morgan fingerprint density at radius 3 is 2.89 bits per heavy atom. The molecular formula is C14H21NO2S. The molecule has 1 aliphatic rings. The van der Waals surface area contributed by atoms with Crippen molar-refractivity contribution in [2.24, 2.45) is 0 Å². The summed E-state index contributed by atoms with van der Waals surface area (Å²) in [6, 6.07) is 1.67. The van der Waals surface area contributed by atoms with Crippen molar-refractivity contribution < 1.29 is 4.74 Å². The first-order valence-corrected chi connectivity index (χ1v) is 7.42. The number of rotatable bonds is 5. The van der Waals surface area contributed by atoms with Crippen LogP contribution in [-0.2, 0) is 12.8 Å². The fraction of sp³-hybridized carbons (Fsp3) is 0.643. The SMILES string of the molecule is CN(C)CCCOc1cc(=O)sc2c1CCCC2. The van der Waals surface area contributed by atoms with Crippen LogP contribution >= 0.6 is 11.3 Å². The van der Waals surface area contributed by atoms with E-state index in [-0.39, 0.29) is 4.74 Å². The van der Waals surface area contributed by atoms with Gasteiger partial charge in [0.1, 0.15) is 5.75 Å². The first kappa shape index (κ1) is 13.6. The summed E-state index contributed by atoms with van der Waals surface area (Å²) in [5.41, 5.74) is 1.29. The maximum absolute atomic E-state index is 11.6. The Balaban J connectivity index is 2.03. The third-order valence-corrected chi connectivity index (χ3v) is 4.21. The van der Waals surface area contributed by atoms with Gasteiger partial charge in [-0.1, -0.05) is 11.3 Å². The zero-order valence-electron chi connectivity index (χ0n) is 11.2. The molecule has 0 spiro atoms. The number of hydrogen-bond acceptors (Lipinski definition) is 4. The molecule has 4 heteroatoms. The van der Waals surface area contributed by atoms with Gasteiger partial charge in [-0.3, -0.25) is 4.79 Å². The Bertz CT molecular complexity index is 454. The molecule has 2 rings (SSSR count). The van der Waals surface area contributed by atoms with E-state index in [1.54, 1.807) is 6.07 Å². The number of fused-ring (bicyclic) bond motifs is 1. The van der Waals surface area contributed by atoms with Gasteiger partial charge in [0, 0.05) is 23.1 Å². The molecular weight excluding hydrogens is 246 g/mol. The molecule has 0 saturated heterocycles. The largest absolute Gasteiger partial charge is 0.493 e. The molecule has 3 nitrogen and oxygen atoms in total. The quantitative estimate of drug-likeness (QED) is 0.767. The maximum atomic E-state index is 11.6. The molecule has 0 N–H and O–H groups in total. The van der Waals surface area contributed by atoms with Crippen LogP contribution in [0.2, 0.25) is 0 Å². The highest BCUT2D eigenvalue weighted by Gasteiger charge is 2.16. The molecule has 0 unspecified atom stereocenters. The van der Waals surface area contributed by atoms with Crippen LogP contribution in [-0.4, -0.2) is 32.1 Å². The molecule has 1 aromatic heterocycles. The minimum atomic E-state index is 0.123. The third-order valence-electron chi connectivity index (χ3n) is 3.19. The number of aryl methyl sites for hydroxylation is 1. The Hall–Kier alpha value is -0.870. The van der Waals surface area contributed by atoms with Gasteiger partial charge >= 0.3 is 0 Å². The fourth-order valence-electron chi connectivity index (χ4n) is 2.29. The van der Waals surface area contributed by atoms with Gasteiger partial charge < -0.3 is 9.64 Å². The van der Waals surface area contributed by atoms with E-state index >= 15 is 0 Å². The van der Waals surface area contributed by atoms with Crippen LogP contribution in [0.15, 0.2) is 10.9 Å². The van der Waals surface area contributed by atoms with Crippen molar-refractivity contribution in [3.8, 4) is 5.75 Å². The van der Waals surface area contributed by atoms with Crippen LogP contribution in [0.25, 0.3) is 0 Å². The van der Waals surface area contributed by atoms with Crippen LogP contribution in [0.3, 0.4) is 0 Å². The van der Waals surface area contributed by atoms with Gasteiger partial charge in [0.2, 0.25) is 4.74 Å². The average Bonchev–Trinajstić information content (AvgIpc) is 2.34. The molecule has 18 heavy (non-hydrogen) atoms. The maximum Gasteiger partial charge on any atom is 0.236 e. The van der Waals surface area contributed by atoms with Crippen LogP contribution < -0.4 is 9.48 Å². The van der Waals surface area contributed by atoms with E-state index in [4.69, 9.17) is 4.74 Å². The lowest BCUT2D eigenvalue weighted by molar-refractivity contribution is 0.278. The average molecular weight is 267 g/mol. The van der Waals surface area contributed by atoms with Crippen molar-refractivity contribution in [1.82, 2.24) is 4.90 Å². The van der Waals surface area contributed by atoms with Crippen LogP contribution in [0.4, 0.5) is 0 Å². The van der Waals surface area contributed by atoms with E-state index < -0.39 is 0 Å². The first-order chi connectivity index (χ1) is 8.66. The minimum absolute atomic E-state index is 0.123. The highest BCUT2D eigenvalue weighted by Crippen LogP contribution is 2.30. The number of nitrogens with zero attached hydrogens (tertiary/aromatic N) is 1. The summed E-state index contributed by atoms with van der Waals surface area (Å²) < 4.78 is 5.94. The van der Waals surface area contributed by atoms with Gasteiger partial charge in [0.25, 0.3) is 0 Å². The summed E-state index contributed by atoms with van der Waals surface area (Å²) >= 11 is 1.39. The molecule has 0 saturated carbocycles. The van der Waals surface area contributed by atoms with Crippen LogP contribution in [0.1, 0.15) is 29.7 Å². The summed E-state index contributed by atoms with van der Waals surface area (Å²) in [6.45, 7) is 1.71. The molecule has 0 radical (unpaired) electrons. The van der Waals surface area contributed by atoms with Crippen molar-refractivity contribution in [3.05, 3.63) is 26.0 Å². The normalized spacial score (nSPS) is 14.6. The van der Waals surface area contributed by atoms with Gasteiger partial charge in [-0.25, -0.2) is 0 Å². The van der Waals surface area contributed by atoms with E-state index in [2.05, 4.69) is 19.0 Å². The standard InChI is InChI=1S/C14H21NO2S/c1-15(2)8-5-9-17-12-10-14(16)18-13-7-4-3-6-11(12)13/h10H,3-9H2,1-2H3. The Morgan fingerprint density at radius 2 is 2.11 bits per heavy atom. The molecule has 0 fully saturated rings. The first-order valence-electron chi connectivity index (χ1n) is 6.60. The van der Waals surface area contributed by atoms with Gasteiger partial charge in [-0.05, 0) is 46.2 Å². The highest BCUT2D eigenvalue weighted by molar-refractivity contribution is 7.09. The lowest BCUT2D eigenvalue weighted by Crippen LogP contribution is -2.16. The number of ether oxygens (including phenoxy) is 1. The van der Waals surface area contributed by atoms with E-state index in [0.29, 0.717) is 6.61 Å². The lowest BCUT2D eigenvalue weighted by atomic mass is 9.98. The monoisotopic (exact) mass is 267 g/mol. The van der Waals surface area contributed by atoms with E-state index in [0.717, 1.165) is 31.6 Å². The Kier molecular flexibility index (Phi) is 4.78. The second-order valence-electron chi connectivity index (χ2n) is 5.04. The zero-order valence-corrected chi connectivity index (χ0v) is 12.0. The fourth-order valence-corrected chi connectivity index (χ4v) is 3.27. The van der Waals surface area contributed by atoms with Gasteiger partial charge in [-0.2, -0.15) is 0 Å². The lowest BCUT2D eigenvalue weighted by Gasteiger charge is -2.18.